The van der Waals surface area contributed by atoms with Gasteiger partial charge in [-0.2, -0.15) is 5.10 Å². The van der Waals surface area contributed by atoms with E-state index in [4.69, 9.17) is 4.74 Å². The molecule has 0 aliphatic heterocycles. The maximum Gasteiger partial charge on any atom is 0.360 e. The molecular weight excluding hydrogens is 375 g/mol. The SMILES string of the molecule is CCCCn1nc(C(=O)O[C@H](C)C(=O)c2ccc(F)cc2)c2ccccc2c1=O. The van der Waals surface area contributed by atoms with Crippen molar-refractivity contribution in [2.75, 3.05) is 0 Å². The number of unbranched alkanes of at least 4 members (excludes halogenated alkanes) is 1. The Morgan fingerprint density at radius 2 is 1.76 bits per heavy atom. The van der Waals surface area contributed by atoms with E-state index in [0.717, 1.165) is 12.8 Å². The maximum atomic E-state index is 13.1. The number of rotatable bonds is 7. The molecule has 7 heteroatoms. The normalized spacial score (nSPS) is 12.0. The highest BCUT2D eigenvalue weighted by Crippen LogP contribution is 2.16. The first kappa shape index (κ1) is 20.4. The molecule has 0 aliphatic carbocycles. The molecule has 0 saturated carbocycles. The second-order valence-corrected chi connectivity index (χ2v) is 6.69. The highest BCUT2D eigenvalue weighted by Gasteiger charge is 2.24. The van der Waals surface area contributed by atoms with Crippen molar-refractivity contribution in [2.24, 2.45) is 0 Å². The lowest BCUT2D eigenvalue weighted by Crippen LogP contribution is -2.29. The third-order valence-corrected chi connectivity index (χ3v) is 4.57. The fourth-order valence-electron chi connectivity index (χ4n) is 2.96. The number of aryl methyl sites for hydroxylation is 1. The minimum absolute atomic E-state index is 0.0185. The van der Waals surface area contributed by atoms with E-state index in [1.165, 1.54) is 35.9 Å². The summed E-state index contributed by atoms with van der Waals surface area (Å²) in [6.45, 7) is 3.81. The van der Waals surface area contributed by atoms with Gasteiger partial charge >= 0.3 is 5.97 Å². The van der Waals surface area contributed by atoms with Gasteiger partial charge in [-0.25, -0.2) is 13.9 Å². The number of carbonyl (C=O) groups excluding carboxylic acids is 2. The first-order chi connectivity index (χ1) is 13.9. The summed E-state index contributed by atoms with van der Waals surface area (Å²) >= 11 is 0. The summed E-state index contributed by atoms with van der Waals surface area (Å²) in [4.78, 5) is 37.9. The molecule has 3 rings (SSSR count). The summed E-state index contributed by atoms with van der Waals surface area (Å²) in [5.41, 5.74) is -0.0615. The summed E-state index contributed by atoms with van der Waals surface area (Å²) in [5.74, 6) is -1.72. The lowest BCUT2D eigenvalue weighted by molar-refractivity contribution is 0.0312. The molecule has 2 aromatic carbocycles. The average molecular weight is 396 g/mol. The van der Waals surface area contributed by atoms with Crippen LogP contribution in [0.15, 0.2) is 53.3 Å². The molecule has 1 heterocycles. The van der Waals surface area contributed by atoms with Crippen molar-refractivity contribution in [1.29, 1.82) is 0 Å². The topological polar surface area (TPSA) is 78.3 Å². The van der Waals surface area contributed by atoms with Crippen LogP contribution in [0.5, 0.6) is 0 Å². The van der Waals surface area contributed by atoms with Gasteiger partial charge in [0.05, 0.1) is 5.39 Å². The van der Waals surface area contributed by atoms with Gasteiger partial charge in [-0.05, 0) is 43.7 Å². The van der Waals surface area contributed by atoms with Crippen molar-refractivity contribution in [1.82, 2.24) is 9.78 Å². The molecule has 0 N–H and O–H groups in total. The van der Waals surface area contributed by atoms with Crippen molar-refractivity contribution >= 4 is 22.5 Å². The van der Waals surface area contributed by atoms with Gasteiger partial charge in [-0.3, -0.25) is 9.59 Å². The Morgan fingerprint density at radius 1 is 1.10 bits per heavy atom. The lowest BCUT2D eigenvalue weighted by atomic mass is 10.1. The number of benzene rings is 2. The van der Waals surface area contributed by atoms with Gasteiger partial charge in [0.1, 0.15) is 5.82 Å². The Morgan fingerprint density at radius 3 is 2.41 bits per heavy atom. The van der Waals surface area contributed by atoms with Crippen LogP contribution in [-0.4, -0.2) is 27.6 Å². The van der Waals surface area contributed by atoms with Crippen LogP contribution in [-0.2, 0) is 11.3 Å². The molecule has 0 bridgehead atoms. The van der Waals surface area contributed by atoms with E-state index in [1.54, 1.807) is 24.3 Å². The Kier molecular flexibility index (Phi) is 6.16. The molecule has 6 nitrogen and oxygen atoms in total. The predicted octanol–water partition coefficient (Wildman–Crippen LogP) is 3.76. The molecule has 1 aromatic heterocycles. The number of ether oxygens (including phenoxy) is 1. The summed E-state index contributed by atoms with van der Waals surface area (Å²) in [6, 6.07) is 11.7. The van der Waals surface area contributed by atoms with E-state index in [9.17, 15) is 18.8 Å². The molecule has 150 valence electrons. The molecule has 0 spiro atoms. The lowest BCUT2D eigenvalue weighted by Gasteiger charge is -2.14. The highest BCUT2D eigenvalue weighted by atomic mass is 19.1. The van der Waals surface area contributed by atoms with Crippen LogP contribution in [0.4, 0.5) is 4.39 Å². The average Bonchev–Trinajstić information content (AvgIpc) is 2.73. The molecule has 29 heavy (non-hydrogen) atoms. The van der Waals surface area contributed by atoms with Crippen LogP contribution in [0.2, 0.25) is 0 Å². The van der Waals surface area contributed by atoms with Gasteiger partial charge in [0.2, 0.25) is 5.78 Å². The molecule has 0 aliphatic rings. The molecule has 3 aromatic rings. The highest BCUT2D eigenvalue weighted by molar-refractivity contribution is 6.05. The van der Waals surface area contributed by atoms with E-state index in [-0.39, 0.29) is 16.8 Å². The van der Waals surface area contributed by atoms with Gasteiger partial charge in [-0.1, -0.05) is 31.5 Å². The Bertz CT molecular complexity index is 1110. The standard InChI is InChI=1S/C22H21FN2O4/c1-3-4-13-25-21(27)18-8-6-5-7-17(18)19(24-25)22(28)29-14(2)20(26)15-9-11-16(23)12-10-15/h5-12,14H,3-4,13H2,1-2H3/t14-/m1/s1. The second kappa shape index (κ2) is 8.77. The quantitative estimate of drug-likeness (QED) is 0.449. The zero-order valence-corrected chi connectivity index (χ0v) is 16.2. The smallest absolute Gasteiger partial charge is 0.360 e. The van der Waals surface area contributed by atoms with Crippen LogP contribution in [0.3, 0.4) is 0 Å². The molecule has 0 radical (unpaired) electrons. The molecule has 0 unspecified atom stereocenters. The number of aromatic nitrogens is 2. The van der Waals surface area contributed by atoms with Gasteiger partial charge in [0.25, 0.3) is 5.56 Å². The molecular formula is C22H21FN2O4. The summed E-state index contributed by atoms with van der Waals surface area (Å²) in [7, 11) is 0. The number of fused-ring (bicyclic) bond motifs is 1. The van der Waals surface area contributed by atoms with Crippen LogP contribution in [0.25, 0.3) is 10.8 Å². The number of hydrogen-bond acceptors (Lipinski definition) is 5. The van der Waals surface area contributed by atoms with Crippen molar-refractivity contribution in [3.63, 3.8) is 0 Å². The Labute approximate surface area is 166 Å². The van der Waals surface area contributed by atoms with Gasteiger partial charge in [-0.15, -0.1) is 0 Å². The Balaban J connectivity index is 1.91. The number of nitrogens with zero attached hydrogens (tertiary/aromatic N) is 2. The summed E-state index contributed by atoms with van der Waals surface area (Å²) < 4.78 is 19.6. The van der Waals surface area contributed by atoms with Gasteiger partial charge < -0.3 is 4.74 Å². The van der Waals surface area contributed by atoms with E-state index in [1.807, 2.05) is 6.92 Å². The number of esters is 1. The number of carbonyl (C=O) groups is 2. The third-order valence-electron chi connectivity index (χ3n) is 4.57. The van der Waals surface area contributed by atoms with E-state index in [0.29, 0.717) is 17.3 Å². The van der Waals surface area contributed by atoms with E-state index in [2.05, 4.69) is 5.10 Å². The van der Waals surface area contributed by atoms with Crippen LogP contribution >= 0.6 is 0 Å². The van der Waals surface area contributed by atoms with Crippen molar-refractivity contribution < 1.29 is 18.7 Å². The third kappa shape index (κ3) is 4.39. The molecule has 0 saturated heterocycles. The van der Waals surface area contributed by atoms with Crippen LogP contribution in [0, 0.1) is 5.82 Å². The molecule has 1 atom stereocenters. The number of ketones is 1. The number of Topliss-reactive ketones (excluding diaryl/α,β-unsaturated/α-hetero) is 1. The predicted molar refractivity (Wildman–Crippen MR) is 107 cm³/mol. The van der Waals surface area contributed by atoms with E-state index < -0.39 is 23.7 Å². The summed E-state index contributed by atoms with van der Waals surface area (Å²) in [6.07, 6.45) is 0.507. The zero-order valence-electron chi connectivity index (χ0n) is 16.2. The minimum Gasteiger partial charge on any atom is -0.449 e. The molecule has 0 amide bonds. The van der Waals surface area contributed by atoms with E-state index >= 15 is 0 Å². The van der Waals surface area contributed by atoms with Gasteiger partial charge in [0, 0.05) is 17.5 Å². The monoisotopic (exact) mass is 396 g/mol. The molecule has 0 fully saturated rings. The largest absolute Gasteiger partial charge is 0.449 e. The minimum atomic E-state index is -1.09. The van der Waals surface area contributed by atoms with Crippen molar-refractivity contribution in [3.05, 3.63) is 76.0 Å². The van der Waals surface area contributed by atoms with Crippen molar-refractivity contribution in [3.8, 4) is 0 Å². The summed E-state index contributed by atoms with van der Waals surface area (Å²) in [5, 5.41) is 4.94. The first-order valence-corrected chi connectivity index (χ1v) is 9.43. The maximum absolute atomic E-state index is 13.1. The zero-order chi connectivity index (χ0) is 21.0. The number of halogens is 1. The van der Waals surface area contributed by atoms with Crippen LogP contribution < -0.4 is 5.56 Å². The van der Waals surface area contributed by atoms with Crippen molar-refractivity contribution in [2.45, 2.75) is 39.3 Å². The Hall–Kier alpha value is -3.35. The first-order valence-electron chi connectivity index (χ1n) is 9.43. The van der Waals surface area contributed by atoms with Crippen LogP contribution in [0.1, 0.15) is 47.5 Å². The van der Waals surface area contributed by atoms with Gasteiger partial charge in [0.15, 0.2) is 11.8 Å². The second-order valence-electron chi connectivity index (χ2n) is 6.69. The fourth-order valence-corrected chi connectivity index (χ4v) is 2.96. The fraction of sp³-hybridized carbons (Fsp3) is 0.273. The number of hydrogen-bond donors (Lipinski definition) is 0.